The summed E-state index contributed by atoms with van der Waals surface area (Å²) >= 11 is 4.85. The second-order valence-electron chi connectivity index (χ2n) is 4.76. The van der Waals surface area contributed by atoms with Gasteiger partial charge in [-0.25, -0.2) is 8.42 Å². The van der Waals surface area contributed by atoms with Gasteiger partial charge in [-0.2, -0.15) is 11.8 Å². The maximum atomic E-state index is 11.9. The Kier molecular flexibility index (Phi) is 5.15. The van der Waals surface area contributed by atoms with Gasteiger partial charge in [0.1, 0.15) is 5.37 Å². The third-order valence-electron chi connectivity index (χ3n) is 3.31. The van der Waals surface area contributed by atoms with Gasteiger partial charge in [0.2, 0.25) is 0 Å². The average Bonchev–Trinajstić information content (AvgIpc) is 2.45. The predicted molar refractivity (Wildman–Crippen MR) is 89.0 cm³/mol. The van der Waals surface area contributed by atoms with Crippen LogP contribution in [0.3, 0.4) is 0 Å². The Labute approximate surface area is 136 Å². The van der Waals surface area contributed by atoms with Crippen LogP contribution >= 0.6 is 27.7 Å². The number of sulfone groups is 1. The summed E-state index contributed by atoms with van der Waals surface area (Å²) in [5.74, 6) is 1.35. The van der Waals surface area contributed by atoms with E-state index in [1.807, 2.05) is 4.90 Å². The van der Waals surface area contributed by atoms with E-state index in [4.69, 9.17) is 0 Å². The maximum absolute atomic E-state index is 11.9. The number of hydrogen-bond acceptors (Lipinski definition) is 6. The van der Waals surface area contributed by atoms with Crippen molar-refractivity contribution >= 4 is 48.9 Å². The predicted octanol–water partition coefficient (Wildman–Crippen LogP) is 2.41. The van der Waals surface area contributed by atoms with Crippen molar-refractivity contribution in [2.75, 3.05) is 29.2 Å². The number of thioether (sulfide) groups is 1. The van der Waals surface area contributed by atoms with Gasteiger partial charge in [-0.05, 0) is 12.1 Å². The molecule has 1 aliphatic rings. The number of nitro benzene ring substituents is 1. The Morgan fingerprint density at radius 3 is 2.81 bits per heavy atom. The molecule has 0 amide bonds. The van der Waals surface area contributed by atoms with Crippen molar-refractivity contribution in [2.24, 2.45) is 0 Å². The highest BCUT2D eigenvalue weighted by Gasteiger charge is 2.31. The van der Waals surface area contributed by atoms with Crippen molar-refractivity contribution in [3.05, 3.63) is 33.9 Å². The number of benzene rings is 1. The number of rotatable bonds is 4. The molecular weight excluding hydrogens is 380 g/mol. The van der Waals surface area contributed by atoms with Crippen molar-refractivity contribution in [1.82, 2.24) is 0 Å². The smallest absolute Gasteiger partial charge is 0.273 e. The highest BCUT2D eigenvalue weighted by atomic mass is 79.9. The lowest BCUT2D eigenvalue weighted by molar-refractivity contribution is -0.385. The summed E-state index contributed by atoms with van der Waals surface area (Å²) in [6.07, 6.45) is 1.23. The fourth-order valence-electron chi connectivity index (χ4n) is 2.27. The molecule has 0 saturated carbocycles. The zero-order chi connectivity index (χ0) is 15.6. The highest BCUT2D eigenvalue weighted by molar-refractivity contribution is 9.08. The molecule has 2 rings (SSSR count). The summed E-state index contributed by atoms with van der Waals surface area (Å²) in [6.45, 7) is 0.613. The van der Waals surface area contributed by atoms with E-state index in [0.29, 0.717) is 28.9 Å². The van der Waals surface area contributed by atoms with E-state index in [-0.39, 0.29) is 5.69 Å². The van der Waals surface area contributed by atoms with E-state index < -0.39 is 20.1 Å². The molecule has 1 unspecified atom stereocenters. The van der Waals surface area contributed by atoms with Gasteiger partial charge in [0.25, 0.3) is 5.69 Å². The van der Waals surface area contributed by atoms with Crippen LogP contribution in [0.15, 0.2) is 18.2 Å². The molecule has 0 spiro atoms. The molecule has 1 fully saturated rings. The number of anilines is 1. The first-order valence-electron chi connectivity index (χ1n) is 6.21. The summed E-state index contributed by atoms with van der Waals surface area (Å²) in [6, 6.07) is 4.76. The van der Waals surface area contributed by atoms with Crippen LogP contribution in [0.2, 0.25) is 0 Å². The number of halogens is 1. The number of nitrogens with zero attached hydrogens (tertiary/aromatic N) is 2. The van der Waals surface area contributed by atoms with Crippen LogP contribution in [0.25, 0.3) is 0 Å². The molecule has 0 N–H and O–H groups in total. The van der Waals surface area contributed by atoms with Crippen molar-refractivity contribution in [3.8, 4) is 0 Å². The second-order valence-corrected chi connectivity index (χ2v) is 8.67. The zero-order valence-electron chi connectivity index (χ0n) is 11.4. The Bertz CT molecular complexity index is 651. The van der Waals surface area contributed by atoms with E-state index in [1.54, 1.807) is 23.9 Å². The first-order valence-corrected chi connectivity index (χ1v) is 10.4. The summed E-state index contributed by atoms with van der Waals surface area (Å²) in [4.78, 5) is 12.4. The molecule has 0 aliphatic carbocycles. The topological polar surface area (TPSA) is 80.5 Å². The molecular formula is C12H15BrN2O4S2. The Balaban J connectivity index is 2.42. The summed E-state index contributed by atoms with van der Waals surface area (Å²) in [5.41, 5.74) is 1.30. The van der Waals surface area contributed by atoms with E-state index in [2.05, 4.69) is 15.9 Å². The van der Waals surface area contributed by atoms with Gasteiger partial charge >= 0.3 is 0 Å². The molecule has 1 aromatic carbocycles. The maximum Gasteiger partial charge on any atom is 0.273 e. The minimum atomic E-state index is -3.21. The summed E-state index contributed by atoms with van der Waals surface area (Å²) in [5, 5.41) is 10.7. The Morgan fingerprint density at radius 1 is 1.52 bits per heavy atom. The molecule has 1 heterocycles. The zero-order valence-corrected chi connectivity index (χ0v) is 14.6. The Hall–Kier alpha value is -0.800. The minimum absolute atomic E-state index is 0.0397. The fourth-order valence-corrected chi connectivity index (χ4v) is 5.56. The first-order chi connectivity index (χ1) is 9.84. The normalized spacial score (nSPS) is 19.5. The van der Waals surface area contributed by atoms with Crippen LogP contribution < -0.4 is 4.90 Å². The van der Waals surface area contributed by atoms with E-state index in [0.717, 1.165) is 5.75 Å². The lowest BCUT2D eigenvalue weighted by Gasteiger charge is -2.36. The summed E-state index contributed by atoms with van der Waals surface area (Å²) < 4.78 is 23.9. The quantitative estimate of drug-likeness (QED) is 0.443. The largest absolute Gasteiger partial charge is 0.353 e. The van der Waals surface area contributed by atoms with Crippen molar-refractivity contribution in [2.45, 2.75) is 10.7 Å². The molecule has 9 heteroatoms. The molecule has 0 aromatic heterocycles. The highest BCUT2D eigenvalue weighted by Crippen LogP contribution is 2.31. The minimum Gasteiger partial charge on any atom is -0.353 e. The van der Waals surface area contributed by atoms with Gasteiger partial charge in [-0.3, -0.25) is 10.1 Å². The summed E-state index contributed by atoms with van der Waals surface area (Å²) in [7, 11) is -3.21. The first kappa shape index (κ1) is 16.6. The van der Waals surface area contributed by atoms with Crippen LogP contribution in [-0.2, 0) is 15.2 Å². The average molecular weight is 395 g/mol. The van der Waals surface area contributed by atoms with E-state index in [9.17, 15) is 18.5 Å². The molecule has 6 nitrogen and oxygen atoms in total. The van der Waals surface area contributed by atoms with E-state index >= 15 is 0 Å². The third-order valence-corrected chi connectivity index (χ3v) is 6.56. The van der Waals surface area contributed by atoms with Gasteiger partial charge in [0, 0.05) is 47.0 Å². The molecule has 21 heavy (non-hydrogen) atoms. The fraction of sp³-hybridized carbons (Fsp3) is 0.500. The third kappa shape index (κ3) is 3.70. The van der Waals surface area contributed by atoms with Gasteiger partial charge in [0.15, 0.2) is 9.84 Å². The lowest BCUT2D eigenvalue weighted by atomic mass is 10.1. The SMILES string of the molecule is CS(=O)(=O)C1CSCCN1c1ccc([N+](=O)[O-])c(CBr)c1. The second kappa shape index (κ2) is 6.53. The number of hydrogen-bond donors (Lipinski definition) is 0. The van der Waals surface area contributed by atoms with Crippen LogP contribution in [0.4, 0.5) is 11.4 Å². The monoisotopic (exact) mass is 394 g/mol. The standard InChI is InChI=1S/C12H15BrN2O4S2/c1-21(18,19)12-8-20-5-4-14(12)10-2-3-11(15(16)17)9(6-10)7-13/h2-3,6,12H,4-5,7-8H2,1H3. The van der Waals surface area contributed by atoms with Gasteiger partial charge < -0.3 is 4.90 Å². The van der Waals surface area contributed by atoms with Crippen LogP contribution in [-0.4, -0.2) is 43.0 Å². The lowest BCUT2D eigenvalue weighted by Crippen LogP contribution is -2.47. The van der Waals surface area contributed by atoms with E-state index in [1.165, 1.54) is 12.3 Å². The molecule has 0 radical (unpaired) electrons. The molecule has 1 atom stereocenters. The van der Waals surface area contributed by atoms with Crippen molar-refractivity contribution in [3.63, 3.8) is 0 Å². The van der Waals surface area contributed by atoms with Gasteiger partial charge in [-0.1, -0.05) is 15.9 Å². The Morgan fingerprint density at radius 2 is 2.24 bits per heavy atom. The molecule has 0 bridgehead atoms. The molecule has 1 aliphatic heterocycles. The number of alkyl halides is 1. The van der Waals surface area contributed by atoms with Crippen LogP contribution in [0.1, 0.15) is 5.56 Å². The van der Waals surface area contributed by atoms with Crippen LogP contribution in [0.5, 0.6) is 0 Å². The number of nitro groups is 1. The van der Waals surface area contributed by atoms with Crippen molar-refractivity contribution < 1.29 is 13.3 Å². The molecule has 116 valence electrons. The van der Waals surface area contributed by atoms with Gasteiger partial charge in [-0.15, -0.1) is 0 Å². The van der Waals surface area contributed by atoms with Gasteiger partial charge in [0.05, 0.1) is 4.92 Å². The molecule has 1 saturated heterocycles. The van der Waals surface area contributed by atoms with Crippen molar-refractivity contribution in [1.29, 1.82) is 0 Å². The van der Waals surface area contributed by atoms with Crippen LogP contribution in [0, 0.1) is 10.1 Å². The molecule has 1 aromatic rings.